The molecule has 4 heteroatoms. The fourth-order valence-corrected chi connectivity index (χ4v) is 0.172. The van der Waals surface area contributed by atoms with E-state index in [-0.39, 0.29) is 5.91 Å². The number of nitrogens with zero attached hydrogens (tertiary/aromatic N) is 1. The molecular formula is C2H4NO2S+. The molecule has 0 unspecified atom stereocenters. The summed E-state index contributed by atoms with van der Waals surface area (Å²) in [5, 5.41) is 0. The lowest BCUT2D eigenvalue weighted by molar-refractivity contribution is -0.125. The Hall–Kier alpha value is -0.0600. The Balaban J connectivity index is 2.83. The van der Waals surface area contributed by atoms with Crippen LogP contribution in [-0.2, 0) is 9.08 Å². The molecule has 0 bridgehead atoms. The summed E-state index contributed by atoms with van der Waals surface area (Å²) >= 11 is 3.17. The van der Waals surface area contributed by atoms with Gasteiger partial charge in [-0.2, -0.15) is 0 Å². The molecule has 2 radical (unpaired) electrons. The van der Waals surface area contributed by atoms with Gasteiger partial charge in [-0.15, -0.1) is 0 Å². The van der Waals surface area contributed by atoms with Gasteiger partial charge in [-0.1, -0.05) is 0 Å². The van der Waals surface area contributed by atoms with Gasteiger partial charge in [0.05, 0.1) is 19.8 Å². The first kappa shape index (κ1) is 5.94. The van der Waals surface area contributed by atoms with Crippen LogP contribution >= 0.6 is 12.9 Å². The maximum absolute atomic E-state index is 9.70. The van der Waals surface area contributed by atoms with E-state index in [1.807, 2.05) is 0 Å². The minimum Gasteiger partial charge on any atom is -0.214 e. The molecule has 0 aromatic carbocycles. The summed E-state index contributed by atoms with van der Waals surface area (Å²) in [6.07, 6.45) is 0. The maximum Gasteiger partial charge on any atom is 0.469 e. The molecule has 34 valence electrons. The minimum atomic E-state index is -0.384. The number of rotatable bonds is 1. The van der Waals surface area contributed by atoms with Crippen LogP contribution in [0.5, 0.6) is 0 Å². The molecular weight excluding hydrogens is 102 g/mol. The molecule has 3 nitrogen and oxygen atoms in total. The van der Waals surface area contributed by atoms with Crippen molar-refractivity contribution in [1.82, 2.24) is 5.48 Å². The smallest absolute Gasteiger partial charge is 0.214 e. The SMILES string of the molecule is CC(=O)[N+]OS. The predicted molar refractivity (Wildman–Crippen MR) is 22.9 cm³/mol. The second-order valence-electron chi connectivity index (χ2n) is 0.692. The standard InChI is InChI=1S/C2H4NO2S/c1-2(4)3-5-6/h6H,1H3/q+1. The van der Waals surface area contributed by atoms with E-state index in [2.05, 4.69) is 22.7 Å². The lowest BCUT2D eigenvalue weighted by Crippen LogP contribution is -2.05. The summed E-state index contributed by atoms with van der Waals surface area (Å²) in [5.74, 6) is -0.384. The number of hydrogen-bond donors (Lipinski definition) is 1. The largest absolute Gasteiger partial charge is 0.469 e. The molecule has 0 saturated heterocycles. The Labute approximate surface area is 41.2 Å². The molecule has 0 aliphatic rings. The van der Waals surface area contributed by atoms with E-state index >= 15 is 0 Å². The molecule has 1 amide bonds. The molecule has 0 N–H and O–H groups in total. The zero-order valence-electron chi connectivity index (χ0n) is 3.21. The molecule has 0 aromatic rings. The van der Waals surface area contributed by atoms with E-state index in [1.54, 1.807) is 0 Å². The van der Waals surface area contributed by atoms with E-state index in [4.69, 9.17) is 0 Å². The number of thiol groups is 1. The molecule has 0 aliphatic carbocycles. The van der Waals surface area contributed by atoms with Crippen LogP contribution in [0, 0.1) is 0 Å². The van der Waals surface area contributed by atoms with Gasteiger partial charge in [-0.3, -0.25) is 0 Å². The van der Waals surface area contributed by atoms with E-state index in [1.165, 1.54) is 6.92 Å². The Bertz CT molecular complexity index is 55.5. The number of carbonyl (C=O) groups is 1. The van der Waals surface area contributed by atoms with Gasteiger partial charge in [0, 0.05) is 0 Å². The summed E-state index contributed by atoms with van der Waals surface area (Å²) < 4.78 is 3.77. The molecule has 0 aliphatic heterocycles. The van der Waals surface area contributed by atoms with Crippen molar-refractivity contribution in [3.8, 4) is 0 Å². The summed E-state index contributed by atoms with van der Waals surface area (Å²) in [5.41, 5.74) is 2.85. The number of carbonyl (C=O) groups excluding carboxylic acids is 1. The van der Waals surface area contributed by atoms with Crippen LogP contribution in [0.4, 0.5) is 0 Å². The van der Waals surface area contributed by atoms with Gasteiger partial charge >= 0.3 is 11.4 Å². The van der Waals surface area contributed by atoms with Crippen LogP contribution in [0.15, 0.2) is 0 Å². The fraction of sp³-hybridized carbons (Fsp3) is 0.500. The van der Waals surface area contributed by atoms with Crippen LogP contribution in [-0.4, -0.2) is 5.91 Å². The predicted octanol–water partition coefficient (Wildman–Crippen LogP) is -0.0863. The van der Waals surface area contributed by atoms with E-state index in [9.17, 15) is 4.79 Å². The first-order valence-corrected chi connectivity index (χ1v) is 1.66. The molecule has 0 atom stereocenters. The van der Waals surface area contributed by atoms with Gasteiger partial charge in [0.25, 0.3) is 0 Å². The molecule has 0 rings (SSSR count). The van der Waals surface area contributed by atoms with Crippen LogP contribution in [0.3, 0.4) is 0 Å². The van der Waals surface area contributed by atoms with Crippen LogP contribution in [0.2, 0.25) is 0 Å². The topological polar surface area (TPSA) is 40.4 Å². The zero-order chi connectivity index (χ0) is 4.99. The molecule has 0 saturated carbocycles. The van der Waals surface area contributed by atoms with Crippen molar-refractivity contribution in [2.24, 2.45) is 0 Å². The number of amides is 1. The molecule has 0 aromatic heterocycles. The third-order valence-electron chi connectivity index (χ3n) is 0.169. The molecule has 0 spiro atoms. The van der Waals surface area contributed by atoms with Gasteiger partial charge in [-0.25, -0.2) is 4.79 Å². The number of hydroxylamine groups is 1. The Morgan fingerprint density at radius 2 is 2.50 bits per heavy atom. The molecule has 0 heterocycles. The fourth-order valence-electron chi connectivity index (χ4n) is 0.0575. The van der Waals surface area contributed by atoms with Crippen molar-refractivity contribution in [2.75, 3.05) is 0 Å². The number of hydrogen-bond acceptors (Lipinski definition) is 3. The van der Waals surface area contributed by atoms with E-state index < -0.39 is 0 Å². The minimum absolute atomic E-state index is 0.384. The zero-order valence-corrected chi connectivity index (χ0v) is 4.11. The third kappa shape index (κ3) is 3.94. The van der Waals surface area contributed by atoms with Crippen LogP contribution in [0.1, 0.15) is 6.92 Å². The summed E-state index contributed by atoms with van der Waals surface area (Å²) in [6.45, 7) is 1.27. The highest BCUT2D eigenvalue weighted by Crippen LogP contribution is 1.70. The van der Waals surface area contributed by atoms with Gasteiger partial charge in [0.1, 0.15) is 0 Å². The van der Waals surface area contributed by atoms with E-state index in [0.717, 1.165) is 0 Å². The van der Waals surface area contributed by atoms with Crippen LogP contribution in [0.25, 0.3) is 0 Å². The average Bonchev–Trinajstić information content (AvgIpc) is 1.35. The van der Waals surface area contributed by atoms with Gasteiger partial charge in [0.2, 0.25) is 0 Å². The Kier molecular flexibility index (Phi) is 3.11. The highest BCUT2D eigenvalue weighted by atomic mass is 32.1. The maximum atomic E-state index is 9.70. The third-order valence-corrected chi connectivity index (χ3v) is 0.251. The van der Waals surface area contributed by atoms with E-state index in [0.29, 0.717) is 0 Å². The van der Waals surface area contributed by atoms with Crippen molar-refractivity contribution >= 4 is 18.8 Å². The lowest BCUT2D eigenvalue weighted by Gasteiger charge is -1.58. The highest BCUT2D eigenvalue weighted by molar-refractivity contribution is 7.75. The van der Waals surface area contributed by atoms with Crippen molar-refractivity contribution < 1.29 is 9.08 Å². The summed E-state index contributed by atoms with van der Waals surface area (Å²) in [4.78, 5) is 9.70. The van der Waals surface area contributed by atoms with Crippen molar-refractivity contribution in [1.29, 1.82) is 0 Å². The normalized spacial score (nSPS) is 8.33. The van der Waals surface area contributed by atoms with Crippen molar-refractivity contribution in [2.45, 2.75) is 6.92 Å². The average molecular weight is 106 g/mol. The molecule has 6 heavy (non-hydrogen) atoms. The second kappa shape index (κ2) is 3.14. The highest BCUT2D eigenvalue weighted by Gasteiger charge is 2.09. The monoisotopic (exact) mass is 106 g/mol. The second-order valence-corrected chi connectivity index (χ2v) is 0.855. The Morgan fingerprint density at radius 1 is 2.00 bits per heavy atom. The van der Waals surface area contributed by atoms with Gasteiger partial charge < -0.3 is 0 Å². The van der Waals surface area contributed by atoms with Crippen molar-refractivity contribution in [3.05, 3.63) is 0 Å². The van der Waals surface area contributed by atoms with Crippen LogP contribution < -0.4 is 5.48 Å². The van der Waals surface area contributed by atoms with Crippen molar-refractivity contribution in [3.63, 3.8) is 0 Å². The summed E-state index contributed by atoms with van der Waals surface area (Å²) in [7, 11) is 0. The van der Waals surface area contributed by atoms with Gasteiger partial charge in [0.15, 0.2) is 0 Å². The first-order chi connectivity index (χ1) is 2.77. The Morgan fingerprint density at radius 3 is 2.50 bits per heavy atom. The lowest BCUT2D eigenvalue weighted by atomic mass is 10.8. The summed E-state index contributed by atoms with van der Waals surface area (Å²) in [6, 6.07) is 0. The first-order valence-electron chi connectivity index (χ1n) is 1.29. The quantitative estimate of drug-likeness (QED) is 0.288. The van der Waals surface area contributed by atoms with Gasteiger partial charge in [-0.05, 0) is 4.28 Å². The molecule has 0 fully saturated rings.